The van der Waals surface area contributed by atoms with Gasteiger partial charge in [0, 0.05) is 19.1 Å². The summed E-state index contributed by atoms with van der Waals surface area (Å²) in [5, 5.41) is 7.43. The van der Waals surface area contributed by atoms with Gasteiger partial charge in [0.2, 0.25) is 0 Å². The molecular formula is C7H10O4S. The Morgan fingerprint density at radius 3 is 1.83 bits per heavy atom. The van der Waals surface area contributed by atoms with E-state index in [2.05, 4.69) is 34.8 Å². The lowest BCUT2D eigenvalue weighted by atomic mass is 10.9. The quantitative estimate of drug-likeness (QED) is 0.530. The second-order valence-electron chi connectivity index (χ2n) is 1.34. The van der Waals surface area contributed by atoms with Gasteiger partial charge in [-0.15, -0.1) is 0 Å². The van der Waals surface area contributed by atoms with Gasteiger partial charge in [-0.25, -0.2) is 0 Å². The van der Waals surface area contributed by atoms with Crippen LogP contribution in [0.3, 0.4) is 0 Å². The molecule has 0 aliphatic heterocycles. The van der Waals surface area contributed by atoms with E-state index in [1.54, 1.807) is 0 Å². The van der Waals surface area contributed by atoms with Crippen molar-refractivity contribution in [1.29, 1.82) is 0 Å². The summed E-state index contributed by atoms with van der Waals surface area (Å²) in [6.45, 7) is 7.60. The van der Waals surface area contributed by atoms with Crippen LogP contribution in [0.15, 0.2) is 25.7 Å². The average Bonchev–Trinajstić information content (AvgIpc) is 1.87. The Morgan fingerprint density at radius 1 is 1.42 bits per heavy atom. The maximum Gasteiger partial charge on any atom is 0.362 e. The minimum Gasteiger partial charge on any atom is -0.481 e. The molecule has 0 saturated heterocycles. The minimum absolute atomic E-state index is 0.00926. The van der Waals surface area contributed by atoms with Crippen LogP contribution >= 0.6 is 12.2 Å². The first-order valence-electron chi connectivity index (χ1n) is 2.83. The Kier molecular flexibility index (Phi) is 10.6. The number of thiocarbonyl (C=S) groups is 1. The van der Waals surface area contributed by atoms with Crippen LogP contribution in [0, 0.1) is 0 Å². The lowest BCUT2D eigenvalue weighted by molar-refractivity contribution is -0.134. The van der Waals surface area contributed by atoms with Crippen molar-refractivity contribution in [3.8, 4) is 0 Å². The Bertz CT molecular complexity index is 160. The number of carboxylic acid groups (broad SMARTS) is 1. The molecular weight excluding hydrogens is 180 g/mol. The predicted octanol–water partition coefficient (Wildman–Crippen LogP) is 1.68. The molecule has 0 rings (SSSR count). The molecule has 0 spiro atoms. The smallest absolute Gasteiger partial charge is 0.362 e. The second-order valence-corrected chi connectivity index (χ2v) is 1.67. The van der Waals surface area contributed by atoms with Gasteiger partial charge < -0.3 is 14.6 Å². The molecule has 0 aromatic carbocycles. The van der Waals surface area contributed by atoms with E-state index in [9.17, 15) is 0 Å². The maximum atomic E-state index is 9.00. The van der Waals surface area contributed by atoms with E-state index in [0.29, 0.717) is 0 Å². The first-order chi connectivity index (χ1) is 5.54. The monoisotopic (exact) mass is 190 g/mol. The first-order valence-corrected chi connectivity index (χ1v) is 3.24. The molecule has 0 aliphatic rings. The van der Waals surface area contributed by atoms with E-state index < -0.39 is 5.97 Å². The number of hydrogen-bond acceptors (Lipinski definition) is 4. The molecule has 0 heterocycles. The summed E-state index contributed by atoms with van der Waals surface area (Å²) in [6.07, 6.45) is 2.37. The van der Waals surface area contributed by atoms with Gasteiger partial charge in [-0.05, 0) is 0 Å². The topological polar surface area (TPSA) is 55.8 Å². The van der Waals surface area contributed by atoms with Crippen molar-refractivity contribution in [1.82, 2.24) is 0 Å². The molecule has 0 aromatic rings. The molecule has 0 radical (unpaired) electrons. The summed E-state index contributed by atoms with van der Waals surface area (Å²) in [4.78, 5) is 9.00. The standard InChI is InChI=1S/C5H6O2S.C2H4O2/c1-3-6-5(8)7-4-2;1-2(3)4/h3-4H,1-2H2;1H3,(H,3,4). The molecule has 0 saturated carbocycles. The summed E-state index contributed by atoms with van der Waals surface area (Å²) < 4.78 is 8.97. The highest BCUT2D eigenvalue weighted by molar-refractivity contribution is 7.79. The van der Waals surface area contributed by atoms with Crippen molar-refractivity contribution in [2.24, 2.45) is 0 Å². The normalized spacial score (nSPS) is 6.75. The number of aliphatic carboxylic acids is 1. The van der Waals surface area contributed by atoms with E-state index in [1.165, 1.54) is 12.5 Å². The molecule has 0 bridgehead atoms. The highest BCUT2D eigenvalue weighted by Gasteiger charge is 1.86. The zero-order chi connectivity index (χ0) is 9.98. The van der Waals surface area contributed by atoms with E-state index in [-0.39, 0.29) is 5.24 Å². The molecule has 0 aliphatic carbocycles. The van der Waals surface area contributed by atoms with Crippen molar-refractivity contribution in [3.63, 3.8) is 0 Å². The molecule has 12 heavy (non-hydrogen) atoms. The van der Waals surface area contributed by atoms with Gasteiger partial charge in [0.25, 0.3) is 5.97 Å². The molecule has 5 heteroatoms. The van der Waals surface area contributed by atoms with Gasteiger partial charge in [-0.3, -0.25) is 4.79 Å². The van der Waals surface area contributed by atoms with Crippen LogP contribution in [0.4, 0.5) is 0 Å². The Labute approximate surface area is 76.1 Å². The third-order valence-corrected chi connectivity index (χ3v) is 0.552. The lowest BCUT2D eigenvalue weighted by Gasteiger charge is -1.96. The molecule has 0 amide bonds. The zero-order valence-electron chi connectivity index (χ0n) is 6.65. The van der Waals surface area contributed by atoms with Gasteiger partial charge in [0.05, 0.1) is 12.5 Å². The van der Waals surface area contributed by atoms with Crippen LogP contribution in [-0.2, 0) is 14.3 Å². The van der Waals surface area contributed by atoms with Gasteiger partial charge in [0.15, 0.2) is 0 Å². The average molecular weight is 190 g/mol. The van der Waals surface area contributed by atoms with Crippen LogP contribution in [0.25, 0.3) is 0 Å². The highest BCUT2D eigenvalue weighted by Crippen LogP contribution is 1.84. The fraction of sp³-hybridized carbons (Fsp3) is 0.143. The Balaban J connectivity index is 0. The van der Waals surface area contributed by atoms with Gasteiger partial charge in [-0.2, -0.15) is 0 Å². The summed E-state index contributed by atoms with van der Waals surface area (Å²) >= 11 is 4.47. The summed E-state index contributed by atoms with van der Waals surface area (Å²) in [7, 11) is 0. The first kappa shape index (κ1) is 13.2. The SMILES string of the molecule is C=COC(=S)OC=C.CC(=O)O. The molecule has 68 valence electrons. The van der Waals surface area contributed by atoms with Crippen LogP contribution < -0.4 is 0 Å². The fourth-order valence-corrected chi connectivity index (χ4v) is 0.300. The summed E-state index contributed by atoms with van der Waals surface area (Å²) in [5.74, 6) is -0.833. The van der Waals surface area contributed by atoms with Crippen molar-refractivity contribution in [2.75, 3.05) is 0 Å². The molecule has 1 N–H and O–H groups in total. The van der Waals surface area contributed by atoms with Crippen molar-refractivity contribution in [2.45, 2.75) is 6.92 Å². The predicted molar refractivity (Wildman–Crippen MR) is 48.5 cm³/mol. The van der Waals surface area contributed by atoms with E-state index in [4.69, 9.17) is 9.90 Å². The van der Waals surface area contributed by atoms with E-state index in [1.807, 2.05) is 0 Å². The lowest BCUT2D eigenvalue weighted by Crippen LogP contribution is -1.95. The van der Waals surface area contributed by atoms with Crippen molar-refractivity contribution < 1.29 is 19.4 Å². The molecule has 0 atom stereocenters. The maximum absolute atomic E-state index is 9.00. The van der Waals surface area contributed by atoms with Crippen LogP contribution in [0.5, 0.6) is 0 Å². The van der Waals surface area contributed by atoms with Crippen molar-refractivity contribution in [3.05, 3.63) is 25.7 Å². The number of carbonyl (C=O) groups is 1. The molecule has 0 fully saturated rings. The molecule has 0 aromatic heterocycles. The molecule has 0 unspecified atom stereocenters. The fourth-order valence-electron chi connectivity index (χ4n) is 0.164. The largest absolute Gasteiger partial charge is 0.481 e. The third kappa shape index (κ3) is 23.4. The number of rotatable bonds is 2. The number of hydrogen-bond donors (Lipinski definition) is 1. The van der Waals surface area contributed by atoms with Crippen LogP contribution in [0.2, 0.25) is 0 Å². The third-order valence-electron chi connectivity index (χ3n) is 0.359. The number of carboxylic acids is 1. The van der Waals surface area contributed by atoms with E-state index in [0.717, 1.165) is 6.92 Å². The van der Waals surface area contributed by atoms with E-state index >= 15 is 0 Å². The second kappa shape index (κ2) is 9.64. The number of ether oxygens (including phenoxy) is 2. The summed E-state index contributed by atoms with van der Waals surface area (Å²) in [6, 6.07) is 0. The zero-order valence-corrected chi connectivity index (χ0v) is 7.47. The summed E-state index contributed by atoms with van der Waals surface area (Å²) in [5.41, 5.74) is 0. The molecule has 4 nitrogen and oxygen atoms in total. The van der Waals surface area contributed by atoms with Gasteiger partial charge in [0.1, 0.15) is 0 Å². The Morgan fingerprint density at radius 2 is 1.67 bits per heavy atom. The highest BCUT2D eigenvalue weighted by atomic mass is 32.1. The van der Waals surface area contributed by atoms with Crippen molar-refractivity contribution >= 4 is 23.4 Å². The van der Waals surface area contributed by atoms with Gasteiger partial charge >= 0.3 is 5.24 Å². The van der Waals surface area contributed by atoms with Crippen LogP contribution in [-0.4, -0.2) is 16.3 Å². The van der Waals surface area contributed by atoms with Crippen LogP contribution in [0.1, 0.15) is 6.92 Å². The van der Waals surface area contributed by atoms with Gasteiger partial charge in [-0.1, -0.05) is 13.2 Å². The Hall–Kier alpha value is -1.36. The minimum atomic E-state index is -0.833.